The zero-order valence-electron chi connectivity index (χ0n) is 7.26. The van der Waals surface area contributed by atoms with Gasteiger partial charge in [-0.25, -0.2) is 0 Å². The Kier molecular flexibility index (Phi) is 4.07. The first-order chi connectivity index (χ1) is 6.20. The maximum absolute atomic E-state index is 9.03. The summed E-state index contributed by atoms with van der Waals surface area (Å²) in [6.07, 6.45) is 0.512. The second kappa shape index (κ2) is 4.87. The molecule has 0 saturated heterocycles. The van der Waals surface area contributed by atoms with Gasteiger partial charge in [0.2, 0.25) is 0 Å². The predicted molar refractivity (Wildman–Crippen MR) is 58.6 cm³/mol. The highest BCUT2D eigenvalue weighted by atomic mass is 32.4. The largest absolute Gasteiger partial charge is 0.391 e. The van der Waals surface area contributed by atoms with Crippen LogP contribution in [0.1, 0.15) is 5.56 Å². The standard InChI is InChI=1S/C9H13O2PS/c10-7-12(13,8-11)6-9-4-2-1-3-5-9/h1-5,10-11H,6-8H2. The Morgan fingerprint density at radius 1 is 1.08 bits per heavy atom. The normalized spacial score (nSPS) is 11.5. The Hall–Kier alpha value is -0.210. The number of benzene rings is 1. The molecule has 1 aromatic carbocycles. The summed E-state index contributed by atoms with van der Waals surface area (Å²) in [5, 5.41) is 18.1. The Bertz CT molecular complexity index is 292. The third-order valence-corrected chi connectivity index (χ3v) is 4.88. The lowest BCUT2D eigenvalue weighted by Gasteiger charge is -2.15. The fourth-order valence-corrected chi connectivity index (χ4v) is 2.67. The molecule has 2 nitrogen and oxygen atoms in total. The quantitative estimate of drug-likeness (QED) is 0.750. The minimum atomic E-state index is -1.96. The van der Waals surface area contributed by atoms with Crippen LogP contribution in [0.25, 0.3) is 0 Å². The Labute approximate surface area is 83.2 Å². The van der Waals surface area contributed by atoms with Gasteiger partial charge in [-0.3, -0.25) is 0 Å². The fraction of sp³-hybridized carbons (Fsp3) is 0.333. The highest BCUT2D eigenvalue weighted by Crippen LogP contribution is 2.46. The molecular weight excluding hydrogens is 203 g/mol. The van der Waals surface area contributed by atoms with Gasteiger partial charge in [-0.05, 0) is 5.56 Å². The second-order valence-electron chi connectivity index (χ2n) is 2.98. The summed E-state index contributed by atoms with van der Waals surface area (Å²) < 4.78 is 0. The highest BCUT2D eigenvalue weighted by Gasteiger charge is 2.14. The van der Waals surface area contributed by atoms with Gasteiger partial charge in [-0.2, -0.15) is 0 Å². The molecule has 0 bridgehead atoms. The first-order valence-electron chi connectivity index (χ1n) is 4.03. The van der Waals surface area contributed by atoms with E-state index in [0.29, 0.717) is 6.16 Å². The minimum absolute atomic E-state index is 0.0618. The molecule has 0 amide bonds. The average molecular weight is 216 g/mol. The molecule has 0 aliphatic heterocycles. The lowest BCUT2D eigenvalue weighted by atomic mass is 10.2. The van der Waals surface area contributed by atoms with Crippen LogP contribution in [0.2, 0.25) is 0 Å². The maximum Gasteiger partial charge on any atom is 0.0741 e. The summed E-state index contributed by atoms with van der Waals surface area (Å²) in [5.41, 5.74) is 1.09. The molecule has 0 fully saturated rings. The van der Waals surface area contributed by atoms with Crippen molar-refractivity contribution < 1.29 is 10.2 Å². The van der Waals surface area contributed by atoms with Crippen LogP contribution in [0, 0.1) is 0 Å². The summed E-state index contributed by atoms with van der Waals surface area (Å²) in [6.45, 7) is 0. The summed E-state index contributed by atoms with van der Waals surface area (Å²) in [7, 11) is 0. The van der Waals surface area contributed by atoms with Gasteiger partial charge in [0.05, 0.1) is 12.7 Å². The lowest BCUT2D eigenvalue weighted by Crippen LogP contribution is -1.97. The maximum atomic E-state index is 9.03. The molecule has 0 aromatic heterocycles. The van der Waals surface area contributed by atoms with Gasteiger partial charge in [-0.15, -0.1) is 0 Å². The van der Waals surface area contributed by atoms with E-state index in [-0.39, 0.29) is 12.7 Å². The fourth-order valence-electron chi connectivity index (χ4n) is 1.06. The van der Waals surface area contributed by atoms with Crippen LogP contribution in [0.3, 0.4) is 0 Å². The third-order valence-electron chi connectivity index (χ3n) is 1.83. The number of hydrogen-bond acceptors (Lipinski definition) is 3. The number of rotatable bonds is 4. The third kappa shape index (κ3) is 3.20. The van der Waals surface area contributed by atoms with Crippen molar-refractivity contribution in [2.45, 2.75) is 6.16 Å². The van der Waals surface area contributed by atoms with E-state index in [0.717, 1.165) is 5.56 Å². The van der Waals surface area contributed by atoms with Gasteiger partial charge in [0.1, 0.15) is 0 Å². The van der Waals surface area contributed by atoms with Crippen molar-refractivity contribution in [3.8, 4) is 0 Å². The van der Waals surface area contributed by atoms with Crippen LogP contribution in [-0.2, 0) is 18.0 Å². The molecule has 0 radical (unpaired) electrons. The molecule has 0 saturated carbocycles. The highest BCUT2D eigenvalue weighted by molar-refractivity contribution is 8.14. The van der Waals surface area contributed by atoms with Crippen LogP contribution in [0.15, 0.2) is 30.3 Å². The number of aliphatic hydroxyl groups is 2. The van der Waals surface area contributed by atoms with Crippen molar-refractivity contribution in [3.63, 3.8) is 0 Å². The zero-order chi connectivity index (χ0) is 9.73. The zero-order valence-corrected chi connectivity index (χ0v) is 8.97. The Morgan fingerprint density at radius 2 is 1.62 bits per heavy atom. The van der Waals surface area contributed by atoms with E-state index >= 15 is 0 Å². The molecule has 4 heteroatoms. The van der Waals surface area contributed by atoms with E-state index < -0.39 is 6.04 Å². The van der Waals surface area contributed by atoms with Crippen molar-refractivity contribution in [2.24, 2.45) is 0 Å². The second-order valence-corrected chi connectivity index (χ2v) is 8.31. The smallest absolute Gasteiger partial charge is 0.0741 e. The van der Waals surface area contributed by atoms with Crippen LogP contribution in [-0.4, -0.2) is 22.9 Å². The van der Waals surface area contributed by atoms with E-state index in [9.17, 15) is 0 Å². The molecule has 0 spiro atoms. The van der Waals surface area contributed by atoms with Crippen molar-refractivity contribution in [1.29, 1.82) is 0 Å². The van der Waals surface area contributed by atoms with Crippen molar-refractivity contribution in [1.82, 2.24) is 0 Å². The molecule has 2 N–H and O–H groups in total. The molecule has 0 atom stereocenters. The van der Waals surface area contributed by atoms with Crippen molar-refractivity contribution in [2.75, 3.05) is 12.7 Å². The summed E-state index contributed by atoms with van der Waals surface area (Å²) >= 11 is 5.20. The average Bonchev–Trinajstić information content (AvgIpc) is 2.19. The molecule has 1 rings (SSSR count). The summed E-state index contributed by atoms with van der Waals surface area (Å²) in [6, 6.07) is 7.77. The van der Waals surface area contributed by atoms with Gasteiger partial charge >= 0.3 is 0 Å². The van der Waals surface area contributed by atoms with Gasteiger partial charge in [-0.1, -0.05) is 42.1 Å². The van der Waals surface area contributed by atoms with E-state index in [1.807, 2.05) is 30.3 Å². The predicted octanol–water partition coefficient (Wildman–Crippen LogP) is 1.57. The molecule has 0 aliphatic carbocycles. The van der Waals surface area contributed by atoms with Crippen LogP contribution in [0.4, 0.5) is 0 Å². The van der Waals surface area contributed by atoms with E-state index in [1.54, 1.807) is 0 Å². The van der Waals surface area contributed by atoms with Crippen LogP contribution in [0.5, 0.6) is 0 Å². The van der Waals surface area contributed by atoms with E-state index in [4.69, 9.17) is 22.0 Å². The lowest BCUT2D eigenvalue weighted by molar-refractivity contribution is 0.342. The monoisotopic (exact) mass is 216 g/mol. The van der Waals surface area contributed by atoms with Crippen molar-refractivity contribution in [3.05, 3.63) is 35.9 Å². The molecule has 0 aliphatic rings. The summed E-state index contributed by atoms with van der Waals surface area (Å²) in [5.74, 6) is 0. The Balaban J connectivity index is 2.74. The molecular formula is C9H13O2PS. The van der Waals surface area contributed by atoms with Crippen molar-refractivity contribution >= 4 is 17.8 Å². The Morgan fingerprint density at radius 3 is 2.08 bits per heavy atom. The number of hydrogen-bond donors (Lipinski definition) is 2. The van der Waals surface area contributed by atoms with Gasteiger partial charge < -0.3 is 10.2 Å². The SMILES string of the molecule is OCP(=S)(CO)Cc1ccccc1. The van der Waals surface area contributed by atoms with Gasteiger partial charge in [0.25, 0.3) is 0 Å². The van der Waals surface area contributed by atoms with Gasteiger partial charge in [0.15, 0.2) is 0 Å². The first-order valence-corrected chi connectivity index (χ1v) is 7.39. The number of aliphatic hydroxyl groups excluding tert-OH is 2. The molecule has 13 heavy (non-hydrogen) atoms. The minimum Gasteiger partial charge on any atom is -0.391 e. The molecule has 1 aromatic rings. The van der Waals surface area contributed by atoms with E-state index in [1.165, 1.54) is 0 Å². The first kappa shape index (κ1) is 10.9. The molecule has 0 unspecified atom stereocenters. The summed E-state index contributed by atoms with van der Waals surface area (Å²) in [4.78, 5) is 0. The van der Waals surface area contributed by atoms with Gasteiger partial charge in [0, 0.05) is 12.2 Å². The van der Waals surface area contributed by atoms with E-state index in [2.05, 4.69) is 0 Å². The van der Waals surface area contributed by atoms with Crippen LogP contribution < -0.4 is 0 Å². The molecule has 72 valence electrons. The van der Waals surface area contributed by atoms with Crippen LogP contribution >= 0.6 is 6.04 Å². The molecule has 0 heterocycles. The topological polar surface area (TPSA) is 40.5 Å².